The second kappa shape index (κ2) is 8.79. The fraction of sp³-hybridized carbons (Fsp3) is 0.304. The third-order valence-electron chi connectivity index (χ3n) is 5.77. The highest BCUT2D eigenvalue weighted by Gasteiger charge is 2.31. The number of benzene rings is 1. The summed E-state index contributed by atoms with van der Waals surface area (Å²) in [7, 11) is 3.29. The van der Waals surface area contributed by atoms with Crippen LogP contribution in [0.4, 0.5) is 14.5 Å². The molecule has 0 unspecified atom stereocenters. The quantitative estimate of drug-likeness (QED) is 0.628. The first-order valence-corrected chi connectivity index (χ1v) is 10.7. The number of halogens is 3. The van der Waals surface area contributed by atoms with Gasteiger partial charge in [-0.15, -0.1) is 0 Å². The van der Waals surface area contributed by atoms with Crippen molar-refractivity contribution in [2.75, 3.05) is 32.1 Å². The zero-order chi connectivity index (χ0) is 23.9. The number of H-pyrrole nitrogens is 1. The van der Waals surface area contributed by atoms with Crippen molar-refractivity contribution in [3.63, 3.8) is 0 Å². The van der Waals surface area contributed by atoms with E-state index in [2.05, 4.69) is 9.97 Å². The molecule has 1 saturated heterocycles. The molecule has 0 radical (unpaired) electrons. The Morgan fingerprint density at radius 3 is 2.79 bits per heavy atom. The number of pyridine rings is 2. The average Bonchev–Trinajstić information content (AvgIpc) is 2.78. The molecule has 1 atom stereocenters. The van der Waals surface area contributed by atoms with Crippen LogP contribution in [0.25, 0.3) is 22.2 Å². The predicted octanol–water partition coefficient (Wildman–Crippen LogP) is 3.70. The van der Waals surface area contributed by atoms with E-state index in [0.717, 1.165) is 12.1 Å². The van der Waals surface area contributed by atoms with E-state index < -0.39 is 17.1 Å². The summed E-state index contributed by atoms with van der Waals surface area (Å²) in [5.41, 5.74) is -0.422. The number of amides is 1. The number of aromatic amines is 1. The lowest BCUT2D eigenvalue weighted by Gasteiger charge is -2.35. The summed E-state index contributed by atoms with van der Waals surface area (Å²) in [5, 5.41) is 8.96. The maximum absolute atomic E-state index is 15.5. The predicted molar refractivity (Wildman–Crippen MR) is 121 cm³/mol. The van der Waals surface area contributed by atoms with Crippen LogP contribution in [-0.4, -0.2) is 48.0 Å². The van der Waals surface area contributed by atoms with Crippen LogP contribution in [0.5, 0.6) is 0 Å². The molecule has 1 aromatic carbocycles. The van der Waals surface area contributed by atoms with Gasteiger partial charge in [-0.25, -0.2) is 13.8 Å². The molecule has 3 heterocycles. The Morgan fingerprint density at radius 2 is 2.09 bits per heavy atom. The third-order valence-corrected chi connectivity index (χ3v) is 6.07. The van der Waals surface area contributed by atoms with Gasteiger partial charge in [-0.2, -0.15) is 5.26 Å². The molecule has 10 heteroatoms. The third kappa shape index (κ3) is 4.14. The number of fused-ring (bicyclic) bond motifs is 1. The van der Waals surface area contributed by atoms with E-state index >= 15 is 8.78 Å². The first-order valence-electron chi connectivity index (χ1n) is 10.3. The second-order valence-electron chi connectivity index (χ2n) is 8.17. The van der Waals surface area contributed by atoms with E-state index in [9.17, 15) is 9.59 Å². The van der Waals surface area contributed by atoms with E-state index in [1.165, 1.54) is 22.1 Å². The molecule has 1 fully saturated rings. The summed E-state index contributed by atoms with van der Waals surface area (Å²) in [4.78, 5) is 34.9. The molecular formula is C23H20ClF2N5O2. The van der Waals surface area contributed by atoms with Crippen molar-refractivity contribution in [1.82, 2.24) is 14.9 Å². The molecule has 1 aliphatic heterocycles. The van der Waals surface area contributed by atoms with Crippen LogP contribution >= 0.6 is 11.6 Å². The number of piperidine rings is 1. The van der Waals surface area contributed by atoms with Crippen LogP contribution in [0, 0.1) is 28.9 Å². The van der Waals surface area contributed by atoms with Crippen molar-refractivity contribution >= 4 is 34.1 Å². The molecule has 0 bridgehead atoms. The Balaban J connectivity index is 1.81. The molecule has 0 spiro atoms. The highest BCUT2D eigenvalue weighted by Crippen LogP contribution is 2.33. The number of carbonyl (C=O) groups excluding carboxylic acids is 1. The number of rotatable bonds is 3. The number of anilines is 1. The monoisotopic (exact) mass is 471 g/mol. The molecule has 3 aromatic rings. The Labute approximate surface area is 193 Å². The van der Waals surface area contributed by atoms with Gasteiger partial charge in [0.25, 0.3) is 0 Å². The van der Waals surface area contributed by atoms with E-state index in [0.29, 0.717) is 24.9 Å². The average molecular weight is 472 g/mol. The summed E-state index contributed by atoms with van der Waals surface area (Å²) >= 11 is 6.16. The summed E-state index contributed by atoms with van der Waals surface area (Å²) in [6, 6.07) is 5.49. The number of carbonyl (C=O) groups is 1. The molecule has 0 aliphatic carbocycles. The normalized spacial score (nSPS) is 16.0. The Hall–Kier alpha value is -3.51. The minimum atomic E-state index is -0.978. The number of hydrogen-bond acceptors (Lipinski definition) is 5. The van der Waals surface area contributed by atoms with Crippen LogP contribution in [0.1, 0.15) is 18.5 Å². The minimum Gasteiger partial charge on any atom is -0.366 e. The van der Waals surface area contributed by atoms with Crippen LogP contribution < -0.4 is 10.3 Å². The van der Waals surface area contributed by atoms with Crippen molar-refractivity contribution in [2.45, 2.75) is 12.8 Å². The van der Waals surface area contributed by atoms with Gasteiger partial charge < -0.3 is 14.8 Å². The van der Waals surface area contributed by atoms with Crippen molar-refractivity contribution < 1.29 is 13.6 Å². The summed E-state index contributed by atoms with van der Waals surface area (Å²) in [6.45, 7) is 0.534. The van der Waals surface area contributed by atoms with Gasteiger partial charge in [-0.1, -0.05) is 11.6 Å². The highest BCUT2D eigenvalue weighted by molar-refractivity contribution is 6.33. The molecule has 170 valence electrons. The second-order valence-corrected chi connectivity index (χ2v) is 8.58. The standard InChI is InChI=1S/C23H20ClF2N5O2/c1-30(2)23(33)12-4-3-5-31(11-12)22-16(25)7-18-20(21(22)26)19(32)8-17(29-18)14-6-13(9-27)28-10-15(14)24/h6-8,10,12H,3-5,11H2,1-2H3,(H,29,32)/t12-/m0/s1. The minimum absolute atomic E-state index is 0.0411. The summed E-state index contributed by atoms with van der Waals surface area (Å²) < 4.78 is 30.7. The van der Waals surface area contributed by atoms with Gasteiger partial charge in [0.15, 0.2) is 17.1 Å². The molecule has 1 N–H and O–H groups in total. The lowest BCUT2D eigenvalue weighted by molar-refractivity contribution is -0.133. The van der Waals surface area contributed by atoms with Crippen molar-refractivity contribution in [3.05, 3.63) is 57.0 Å². The van der Waals surface area contributed by atoms with E-state index in [4.69, 9.17) is 16.9 Å². The highest BCUT2D eigenvalue weighted by atomic mass is 35.5. The van der Waals surface area contributed by atoms with Gasteiger partial charge in [-0.05, 0) is 18.9 Å². The van der Waals surface area contributed by atoms with Crippen LogP contribution in [0.15, 0.2) is 29.2 Å². The first-order chi connectivity index (χ1) is 15.7. The molecule has 1 aliphatic rings. The first kappa shape index (κ1) is 22.7. The van der Waals surface area contributed by atoms with Gasteiger partial charge in [0.05, 0.1) is 27.5 Å². The molecule has 2 aromatic heterocycles. The van der Waals surface area contributed by atoms with Gasteiger partial charge in [-0.3, -0.25) is 9.59 Å². The molecular weight excluding hydrogens is 452 g/mol. The number of nitrogens with zero attached hydrogens (tertiary/aromatic N) is 4. The van der Waals surface area contributed by atoms with Crippen molar-refractivity contribution in [1.29, 1.82) is 5.26 Å². The van der Waals surface area contributed by atoms with Crippen LogP contribution in [-0.2, 0) is 4.79 Å². The smallest absolute Gasteiger partial charge is 0.226 e. The van der Waals surface area contributed by atoms with Crippen molar-refractivity contribution in [3.8, 4) is 17.3 Å². The summed E-state index contributed by atoms with van der Waals surface area (Å²) in [5.74, 6) is -2.31. The zero-order valence-corrected chi connectivity index (χ0v) is 18.7. The van der Waals surface area contributed by atoms with Gasteiger partial charge >= 0.3 is 0 Å². The van der Waals surface area contributed by atoms with Crippen molar-refractivity contribution in [2.24, 2.45) is 5.92 Å². The molecule has 4 rings (SSSR count). The lowest BCUT2D eigenvalue weighted by atomic mass is 9.96. The number of nitriles is 1. The topological polar surface area (TPSA) is 93.1 Å². The Kier molecular flexibility index (Phi) is 6.04. The number of hydrogen-bond donors (Lipinski definition) is 1. The van der Waals surface area contributed by atoms with Crippen LogP contribution in [0.3, 0.4) is 0 Å². The molecule has 0 saturated carbocycles. The van der Waals surface area contributed by atoms with Gasteiger partial charge in [0, 0.05) is 51.1 Å². The van der Waals surface area contributed by atoms with E-state index in [1.807, 2.05) is 6.07 Å². The van der Waals surface area contributed by atoms with Crippen LogP contribution in [0.2, 0.25) is 5.02 Å². The van der Waals surface area contributed by atoms with Gasteiger partial charge in [0.2, 0.25) is 5.91 Å². The Morgan fingerprint density at radius 1 is 1.33 bits per heavy atom. The Bertz CT molecular complexity index is 1370. The fourth-order valence-electron chi connectivity index (χ4n) is 4.22. The van der Waals surface area contributed by atoms with E-state index in [1.54, 1.807) is 14.1 Å². The number of aromatic nitrogens is 2. The maximum Gasteiger partial charge on any atom is 0.226 e. The van der Waals surface area contributed by atoms with Gasteiger partial charge in [0.1, 0.15) is 17.5 Å². The molecule has 33 heavy (non-hydrogen) atoms. The maximum atomic E-state index is 15.5. The number of nitrogens with one attached hydrogen (secondary N) is 1. The largest absolute Gasteiger partial charge is 0.366 e. The van der Waals surface area contributed by atoms with E-state index in [-0.39, 0.29) is 51.4 Å². The molecule has 7 nitrogen and oxygen atoms in total. The zero-order valence-electron chi connectivity index (χ0n) is 18.0. The fourth-order valence-corrected chi connectivity index (χ4v) is 4.43. The SMILES string of the molecule is CN(C)C(=O)[C@H]1CCCN(c2c(F)cc3[nH]c(-c4cc(C#N)ncc4Cl)cc(=O)c3c2F)C1. The molecule has 1 amide bonds. The lowest BCUT2D eigenvalue weighted by Crippen LogP contribution is -2.43. The summed E-state index contributed by atoms with van der Waals surface area (Å²) in [6.07, 6.45) is 2.49.